The third-order valence-corrected chi connectivity index (χ3v) is 6.15. The van der Waals surface area contributed by atoms with Crippen LogP contribution < -0.4 is 0 Å². The summed E-state index contributed by atoms with van der Waals surface area (Å²) in [5.74, 6) is 0.412. The van der Waals surface area contributed by atoms with Crippen LogP contribution in [0.2, 0.25) is 0 Å². The van der Waals surface area contributed by atoms with Crippen molar-refractivity contribution in [3.05, 3.63) is 71.7 Å². The zero-order chi connectivity index (χ0) is 22.5. The van der Waals surface area contributed by atoms with Gasteiger partial charge < -0.3 is 14.5 Å². The number of aryl methyl sites for hydroxylation is 1. The van der Waals surface area contributed by atoms with Gasteiger partial charge in [-0.3, -0.25) is 0 Å². The molecule has 0 unspecified atom stereocenters. The minimum atomic E-state index is -0.242. The Labute approximate surface area is 190 Å². The summed E-state index contributed by atoms with van der Waals surface area (Å²) < 4.78 is 21.1. The number of methoxy groups -OCH3 is 1. The van der Waals surface area contributed by atoms with E-state index in [0.717, 1.165) is 61.8 Å². The summed E-state index contributed by atoms with van der Waals surface area (Å²) in [5, 5.41) is 4.86. The minimum Gasteiger partial charge on any atom is -0.383 e. The van der Waals surface area contributed by atoms with Crippen molar-refractivity contribution in [2.45, 2.75) is 19.9 Å². The number of rotatable bonds is 9. The SMILES string of the molecule is COCCN1CC[C@H](CN(C)Cc2cn(-c3cccc(C)c3)nc2-c2cccc(F)c2)C1. The van der Waals surface area contributed by atoms with Gasteiger partial charge in [0.2, 0.25) is 0 Å². The number of hydrogen-bond acceptors (Lipinski definition) is 4. The van der Waals surface area contributed by atoms with E-state index in [-0.39, 0.29) is 5.82 Å². The first kappa shape index (κ1) is 22.6. The summed E-state index contributed by atoms with van der Waals surface area (Å²) in [4.78, 5) is 4.85. The summed E-state index contributed by atoms with van der Waals surface area (Å²) in [6.45, 7) is 7.93. The first-order valence-corrected chi connectivity index (χ1v) is 11.3. The van der Waals surface area contributed by atoms with Gasteiger partial charge in [0.1, 0.15) is 5.82 Å². The normalized spacial score (nSPS) is 16.8. The maximum Gasteiger partial charge on any atom is 0.123 e. The second-order valence-electron chi connectivity index (χ2n) is 8.94. The van der Waals surface area contributed by atoms with Crippen LogP contribution in [-0.4, -0.2) is 66.5 Å². The van der Waals surface area contributed by atoms with Crippen molar-refractivity contribution in [2.75, 3.05) is 46.9 Å². The standard InChI is InChI=1S/C26H33FN4O/c1-20-6-4-9-25(14-20)31-19-23(26(28-31)22-7-5-8-24(27)15-22)18-29(2)16-21-10-11-30(17-21)12-13-32-3/h4-9,14-15,19,21H,10-13,16-18H2,1-3H3/t21-/m1/s1. The lowest BCUT2D eigenvalue weighted by molar-refractivity contribution is 0.157. The molecular formula is C26H33FN4O. The van der Waals surface area contributed by atoms with Gasteiger partial charge in [-0.2, -0.15) is 5.10 Å². The van der Waals surface area contributed by atoms with E-state index in [2.05, 4.69) is 48.2 Å². The molecule has 1 aromatic heterocycles. The predicted octanol–water partition coefficient (Wildman–Crippen LogP) is 4.39. The quantitative estimate of drug-likeness (QED) is 0.498. The third kappa shape index (κ3) is 5.63. The molecule has 1 aliphatic rings. The van der Waals surface area contributed by atoms with E-state index in [1.807, 2.05) is 16.8 Å². The summed E-state index contributed by atoms with van der Waals surface area (Å²) in [7, 11) is 3.92. The van der Waals surface area contributed by atoms with Crippen LogP contribution >= 0.6 is 0 Å². The molecule has 3 aromatic rings. The molecule has 0 N–H and O–H groups in total. The van der Waals surface area contributed by atoms with Crippen molar-refractivity contribution >= 4 is 0 Å². The van der Waals surface area contributed by atoms with Crippen LogP contribution in [0, 0.1) is 18.7 Å². The Morgan fingerprint density at radius 2 is 2.03 bits per heavy atom. The van der Waals surface area contributed by atoms with E-state index in [1.165, 1.54) is 18.1 Å². The Kier molecular flexibility index (Phi) is 7.35. The molecule has 170 valence electrons. The van der Waals surface area contributed by atoms with Crippen molar-refractivity contribution in [3.8, 4) is 16.9 Å². The smallest absolute Gasteiger partial charge is 0.123 e. The van der Waals surface area contributed by atoms with E-state index in [0.29, 0.717) is 5.92 Å². The van der Waals surface area contributed by atoms with Crippen LogP contribution in [0.15, 0.2) is 54.7 Å². The lowest BCUT2D eigenvalue weighted by Gasteiger charge is -2.21. The van der Waals surface area contributed by atoms with Crippen LogP contribution in [0.4, 0.5) is 4.39 Å². The Morgan fingerprint density at radius 3 is 2.81 bits per heavy atom. The number of nitrogens with zero attached hydrogens (tertiary/aromatic N) is 4. The fourth-order valence-corrected chi connectivity index (χ4v) is 4.59. The van der Waals surface area contributed by atoms with Crippen molar-refractivity contribution in [1.29, 1.82) is 0 Å². The Morgan fingerprint density at radius 1 is 1.19 bits per heavy atom. The van der Waals surface area contributed by atoms with Crippen LogP contribution in [0.3, 0.4) is 0 Å². The highest BCUT2D eigenvalue weighted by atomic mass is 19.1. The molecule has 1 aliphatic heterocycles. The fraction of sp³-hybridized carbons (Fsp3) is 0.423. The fourth-order valence-electron chi connectivity index (χ4n) is 4.59. The average molecular weight is 437 g/mol. The van der Waals surface area contributed by atoms with Crippen LogP contribution in [-0.2, 0) is 11.3 Å². The maximum atomic E-state index is 14.0. The predicted molar refractivity (Wildman–Crippen MR) is 126 cm³/mol. The molecule has 2 aromatic carbocycles. The second kappa shape index (κ2) is 10.4. The lowest BCUT2D eigenvalue weighted by Crippen LogP contribution is -2.29. The monoisotopic (exact) mass is 436 g/mol. The van der Waals surface area contributed by atoms with Gasteiger partial charge in [0.25, 0.3) is 0 Å². The van der Waals surface area contributed by atoms with E-state index < -0.39 is 0 Å². The molecule has 0 amide bonds. The molecule has 2 heterocycles. The number of aromatic nitrogens is 2. The average Bonchev–Trinajstić information content (AvgIpc) is 3.39. The minimum absolute atomic E-state index is 0.242. The van der Waals surface area contributed by atoms with Crippen LogP contribution in [0.25, 0.3) is 16.9 Å². The molecule has 0 spiro atoms. The Hall–Kier alpha value is -2.54. The number of benzene rings is 2. The zero-order valence-corrected chi connectivity index (χ0v) is 19.3. The molecular weight excluding hydrogens is 403 g/mol. The molecule has 5 nitrogen and oxygen atoms in total. The van der Waals surface area contributed by atoms with E-state index in [1.54, 1.807) is 19.2 Å². The van der Waals surface area contributed by atoms with E-state index in [9.17, 15) is 4.39 Å². The first-order valence-electron chi connectivity index (χ1n) is 11.3. The summed E-state index contributed by atoms with van der Waals surface area (Å²) in [6.07, 6.45) is 3.30. The molecule has 0 bridgehead atoms. The summed E-state index contributed by atoms with van der Waals surface area (Å²) >= 11 is 0. The number of likely N-dealkylation sites (tertiary alicyclic amines) is 1. The topological polar surface area (TPSA) is 33.5 Å². The lowest BCUT2D eigenvalue weighted by atomic mass is 10.1. The Balaban J connectivity index is 1.53. The summed E-state index contributed by atoms with van der Waals surface area (Å²) in [6, 6.07) is 15.0. The number of halogens is 1. The zero-order valence-electron chi connectivity index (χ0n) is 19.3. The van der Waals surface area contributed by atoms with Gasteiger partial charge in [-0.05, 0) is 62.7 Å². The molecule has 0 saturated carbocycles. The second-order valence-corrected chi connectivity index (χ2v) is 8.94. The van der Waals surface area contributed by atoms with Crippen molar-refractivity contribution in [1.82, 2.24) is 19.6 Å². The largest absolute Gasteiger partial charge is 0.383 e. The van der Waals surface area contributed by atoms with Gasteiger partial charge in [0.05, 0.1) is 18.0 Å². The highest BCUT2D eigenvalue weighted by molar-refractivity contribution is 5.63. The molecule has 0 aliphatic carbocycles. The van der Waals surface area contributed by atoms with Crippen LogP contribution in [0.1, 0.15) is 17.5 Å². The molecule has 1 atom stereocenters. The Bertz CT molecular complexity index is 1030. The maximum absolute atomic E-state index is 14.0. The van der Waals surface area contributed by atoms with Gasteiger partial charge in [0.15, 0.2) is 0 Å². The van der Waals surface area contributed by atoms with Gasteiger partial charge in [-0.25, -0.2) is 9.07 Å². The van der Waals surface area contributed by atoms with Crippen molar-refractivity contribution < 1.29 is 9.13 Å². The molecule has 4 rings (SSSR count). The van der Waals surface area contributed by atoms with Gasteiger partial charge in [-0.1, -0.05) is 24.3 Å². The molecule has 32 heavy (non-hydrogen) atoms. The molecule has 1 fully saturated rings. The first-order chi connectivity index (χ1) is 15.5. The summed E-state index contributed by atoms with van der Waals surface area (Å²) in [5.41, 5.74) is 4.95. The molecule has 6 heteroatoms. The van der Waals surface area contributed by atoms with Gasteiger partial charge in [-0.15, -0.1) is 0 Å². The highest BCUT2D eigenvalue weighted by Gasteiger charge is 2.24. The number of hydrogen-bond donors (Lipinski definition) is 0. The third-order valence-electron chi connectivity index (χ3n) is 6.15. The molecule has 0 radical (unpaired) electrons. The number of ether oxygens (including phenoxy) is 1. The van der Waals surface area contributed by atoms with Gasteiger partial charge >= 0.3 is 0 Å². The van der Waals surface area contributed by atoms with Crippen molar-refractivity contribution in [2.24, 2.45) is 5.92 Å². The molecule has 1 saturated heterocycles. The van der Waals surface area contributed by atoms with Crippen LogP contribution in [0.5, 0.6) is 0 Å². The highest BCUT2D eigenvalue weighted by Crippen LogP contribution is 2.26. The van der Waals surface area contributed by atoms with E-state index >= 15 is 0 Å². The van der Waals surface area contributed by atoms with Gasteiger partial charge in [0, 0.05) is 50.6 Å². The van der Waals surface area contributed by atoms with Crippen molar-refractivity contribution in [3.63, 3.8) is 0 Å². The van der Waals surface area contributed by atoms with E-state index in [4.69, 9.17) is 9.84 Å².